The first-order chi connectivity index (χ1) is 6.67. The molecule has 0 fully saturated rings. The third-order valence-electron chi connectivity index (χ3n) is 1.83. The second-order valence-corrected chi connectivity index (χ2v) is 3.28. The van der Waals surface area contributed by atoms with E-state index in [1.807, 2.05) is 0 Å². The molecule has 0 radical (unpaired) electrons. The second-order valence-electron chi connectivity index (χ2n) is 2.90. The molecular weight excluding hydrogens is 204 g/mol. The van der Waals surface area contributed by atoms with Gasteiger partial charge in [0.1, 0.15) is 5.15 Å². The Morgan fingerprint density at radius 2 is 2.36 bits per heavy atom. The van der Waals surface area contributed by atoms with E-state index in [4.69, 9.17) is 22.1 Å². The number of nitrogens with two attached hydrogens (primary N) is 1. The first-order valence-electron chi connectivity index (χ1n) is 4.25. The highest BCUT2D eigenvalue weighted by Crippen LogP contribution is 2.19. The number of hydrogen-bond acceptors (Lipinski definition) is 4. The average molecular weight is 217 g/mol. The number of aliphatic hydroxyl groups excluding tert-OH is 1. The monoisotopic (exact) mass is 216 g/mol. The van der Waals surface area contributed by atoms with Crippen molar-refractivity contribution < 1.29 is 9.84 Å². The van der Waals surface area contributed by atoms with Crippen LogP contribution in [-0.2, 0) is 6.42 Å². The fraction of sp³-hybridized carbons (Fsp3) is 0.444. The molecule has 0 saturated carbocycles. The van der Waals surface area contributed by atoms with Crippen LogP contribution < -0.4 is 10.5 Å². The van der Waals surface area contributed by atoms with E-state index in [2.05, 4.69) is 4.98 Å². The van der Waals surface area contributed by atoms with Crippen molar-refractivity contribution in [2.24, 2.45) is 5.73 Å². The minimum absolute atomic E-state index is 0.214. The average Bonchev–Trinajstić information content (AvgIpc) is 2.20. The Morgan fingerprint density at radius 1 is 1.64 bits per heavy atom. The molecule has 0 aliphatic carbocycles. The molecule has 0 bridgehead atoms. The molecule has 1 aromatic rings. The van der Waals surface area contributed by atoms with Gasteiger partial charge in [-0.05, 0) is 6.07 Å². The van der Waals surface area contributed by atoms with Crippen LogP contribution in [0.25, 0.3) is 0 Å². The smallest absolute Gasteiger partial charge is 0.217 e. The molecule has 1 atom stereocenters. The minimum Gasteiger partial charge on any atom is -0.481 e. The molecule has 0 spiro atoms. The van der Waals surface area contributed by atoms with Gasteiger partial charge in [-0.1, -0.05) is 17.7 Å². The molecule has 1 rings (SSSR count). The van der Waals surface area contributed by atoms with Gasteiger partial charge >= 0.3 is 0 Å². The number of nitrogens with zero attached hydrogens (tertiary/aromatic N) is 1. The zero-order chi connectivity index (χ0) is 10.6. The van der Waals surface area contributed by atoms with Crippen molar-refractivity contribution in [1.29, 1.82) is 0 Å². The van der Waals surface area contributed by atoms with E-state index in [0.29, 0.717) is 17.5 Å². The summed E-state index contributed by atoms with van der Waals surface area (Å²) in [6.45, 7) is 0.214. The summed E-state index contributed by atoms with van der Waals surface area (Å²) in [5.41, 5.74) is 6.10. The Labute approximate surface area is 87.7 Å². The summed E-state index contributed by atoms with van der Waals surface area (Å²) in [4.78, 5) is 3.97. The van der Waals surface area contributed by atoms with Crippen LogP contribution in [0.15, 0.2) is 12.1 Å². The molecule has 0 aliphatic heterocycles. The summed E-state index contributed by atoms with van der Waals surface area (Å²) in [7, 11) is 1.51. The van der Waals surface area contributed by atoms with Crippen LogP contribution in [0, 0.1) is 0 Å². The van der Waals surface area contributed by atoms with E-state index in [9.17, 15) is 5.11 Å². The summed E-state index contributed by atoms with van der Waals surface area (Å²) in [5, 5.41) is 9.73. The molecule has 3 N–H and O–H groups in total. The third-order valence-corrected chi connectivity index (χ3v) is 2.04. The van der Waals surface area contributed by atoms with Gasteiger partial charge in [-0.25, -0.2) is 4.98 Å². The van der Waals surface area contributed by atoms with E-state index < -0.39 is 6.10 Å². The molecule has 0 saturated heterocycles. The lowest BCUT2D eigenvalue weighted by atomic mass is 10.1. The number of ether oxygens (including phenoxy) is 1. The molecule has 1 aromatic heterocycles. The van der Waals surface area contributed by atoms with E-state index in [0.717, 1.165) is 5.56 Å². The molecule has 78 valence electrons. The van der Waals surface area contributed by atoms with Gasteiger partial charge in [-0.3, -0.25) is 0 Å². The Kier molecular flexibility index (Phi) is 4.13. The molecule has 0 aliphatic rings. The summed E-state index contributed by atoms with van der Waals surface area (Å²) >= 11 is 5.69. The maximum absolute atomic E-state index is 9.36. The lowest BCUT2D eigenvalue weighted by molar-refractivity contribution is 0.182. The maximum Gasteiger partial charge on any atom is 0.217 e. The lowest BCUT2D eigenvalue weighted by Crippen LogP contribution is -2.22. The number of pyridine rings is 1. The molecule has 5 heteroatoms. The van der Waals surface area contributed by atoms with Crippen LogP contribution in [0.1, 0.15) is 5.56 Å². The fourth-order valence-electron chi connectivity index (χ4n) is 1.12. The van der Waals surface area contributed by atoms with Gasteiger partial charge in [0.25, 0.3) is 0 Å². The molecule has 1 unspecified atom stereocenters. The second kappa shape index (κ2) is 5.14. The molecule has 14 heavy (non-hydrogen) atoms. The number of methoxy groups -OCH3 is 1. The fourth-order valence-corrected chi connectivity index (χ4v) is 1.26. The Balaban J connectivity index is 2.85. The normalized spacial score (nSPS) is 12.6. The van der Waals surface area contributed by atoms with Crippen LogP contribution in [0.2, 0.25) is 5.15 Å². The number of halogens is 1. The maximum atomic E-state index is 9.36. The van der Waals surface area contributed by atoms with E-state index in [1.54, 1.807) is 12.1 Å². The molecule has 1 heterocycles. The third kappa shape index (κ3) is 2.83. The van der Waals surface area contributed by atoms with Gasteiger partial charge in [0.05, 0.1) is 13.2 Å². The molecular formula is C9H13ClN2O2. The van der Waals surface area contributed by atoms with E-state index in [-0.39, 0.29) is 6.54 Å². The summed E-state index contributed by atoms with van der Waals surface area (Å²) in [6.07, 6.45) is -0.156. The highest BCUT2D eigenvalue weighted by molar-refractivity contribution is 6.29. The topological polar surface area (TPSA) is 68.4 Å². The van der Waals surface area contributed by atoms with Crippen molar-refractivity contribution >= 4 is 11.6 Å². The Hall–Kier alpha value is -0.840. The number of aliphatic hydroxyl groups is 1. The number of aromatic nitrogens is 1. The van der Waals surface area contributed by atoms with Crippen molar-refractivity contribution in [1.82, 2.24) is 4.98 Å². The van der Waals surface area contributed by atoms with Gasteiger partial charge in [-0.15, -0.1) is 0 Å². The van der Waals surface area contributed by atoms with Crippen LogP contribution in [0.5, 0.6) is 5.88 Å². The Morgan fingerprint density at radius 3 is 2.93 bits per heavy atom. The highest BCUT2D eigenvalue weighted by Gasteiger charge is 2.09. The zero-order valence-corrected chi connectivity index (χ0v) is 8.66. The minimum atomic E-state index is -0.577. The van der Waals surface area contributed by atoms with E-state index in [1.165, 1.54) is 7.11 Å². The largest absolute Gasteiger partial charge is 0.481 e. The molecule has 0 amide bonds. The molecule has 0 aromatic carbocycles. The van der Waals surface area contributed by atoms with Crippen LogP contribution in [0.4, 0.5) is 0 Å². The van der Waals surface area contributed by atoms with E-state index >= 15 is 0 Å². The van der Waals surface area contributed by atoms with Crippen LogP contribution in [0.3, 0.4) is 0 Å². The van der Waals surface area contributed by atoms with Crippen LogP contribution in [-0.4, -0.2) is 29.8 Å². The van der Waals surface area contributed by atoms with Crippen molar-refractivity contribution in [2.75, 3.05) is 13.7 Å². The van der Waals surface area contributed by atoms with Gasteiger partial charge in [-0.2, -0.15) is 0 Å². The van der Waals surface area contributed by atoms with Gasteiger partial charge < -0.3 is 15.6 Å². The standard InChI is InChI=1S/C9H13ClN2O2/c1-14-9-6(4-7(13)5-11)2-3-8(10)12-9/h2-3,7,13H,4-5,11H2,1H3. The predicted molar refractivity (Wildman–Crippen MR) is 54.6 cm³/mol. The van der Waals surface area contributed by atoms with Crippen molar-refractivity contribution in [3.8, 4) is 5.88 Å². The predicted octanol–water partition coefficient (Wildman–Crippen LogP) is 0.606. The Bertz CT molecular complexity index is 307. The van der Waals surface area contributed by atoms with Crippen molar-refractivity contribution in [3.63, 3.8) is 0 Å². The zero-order valence-electron chi connectivity index (χ0n) is 7.90. The highest BCUT2D eigenvalue weighted by atomic mass is 35.5. The first-order valence-corrected chi connectivity index (χ1v) is 4.62. The quantitative estimate of drug-likeness (QED) is 0.724. The summed E-state index contributed by atoms with van der Waals surface area (Å²) in [5.74, 6) is 0.435. The van der Waals surface area contributed by atoms with Gasteiger partial charge in [0.15, 0.2) is 0 Å². The van der Waals surface area contributed by atoms with Crippen LogP contribution >= 0.6 is 11.6 Å². The molecule has 4 nitrogen and oxygen atoms in total. The van der Waals surface area contributed by atoms with Gasteiger partial charge in [0, 0.05) is 18.5 Å². The summed E-state index contributed by atoms with van der Waals surface area (Å²) < 4.78 is 5.02. The summed E-state index contributed by atoms with van der Waals surface area (Å²) in [6, 6.07) is 3.43. The lowest BCUT2D eigenvalue weighted by Gasteiger charge is -2.10. The van der Waals surface area contributed by atoms with Gasteiger partial charge in [0.2, 0.25) is 5.88 Å². The van der Waals surface area contributed by atoms with Crippen molar-refractivity contribution in [3.05, 3.63) is 22.8 Å². The number of rotatable bonds is 4. The first kappa shape index (κ1) is 11.2. The SMILES string of the molecule is COc1nc(Cl)ccc1CC(O)CN. The number of hydrogen-bond donors (Lipinski definition) is 2. The van der Waals surface area contributed by atoms with Crippen molar-refractivity contribution in [2.45, 2.75) is 12.5 Å².